The lowest BCUT2D eigenvalue weighted by Crippen LogP contribution is -2.38. The van der Waals surface area contributed by atoms with Crippen molar-refractivity contribution in [2.24, 2.45) is 5.92 Å². The maximum absolute atomic E-state index is 11.3. The molecule has 0 bridgehead atoms. The summed E-state index contributed by atoms with van der Waals surface area (Å²) in [6.45, 7) is 5.81. The minimum atomic E-state index is 0.106. The standard InChI is InChI=1S/C11H22N2O/c1-9(2)11(14)13-8-6-10-5-3-4-7-12-10/h9-10,12H,3-8H2,1-2H3,(H,13,14). The first-order chi connectivity index (χ1) is 6.70. The van der Waals surface area contributed by atoms with E-state index in [4.69, 9.17) is 0 Å². The molecular weight excluding hydrogens is 176 g/mol. The van der Waals surface area contributed by atoms with E-state index in [0.717, 1.165) is 19.5 Å². The fraction of sp³-hybridized carbons (Fsp3) is 0.909. The van der Waals surface area contributed by atoms with Crippen LogP contribution < -0.4 is 10.6 Å². The van der Waals surface area contributed by atoms with E-state index in [0.29, 0.717) is 6.04 Å². The molecule has 0 spiro atoms. The van der Waals surface area contributed by atoms with Gasteiger partial charge in [0, 0.05) is 18.5 Å². The second kappa shape index (κ2) is 6.02. The molecule has 1 rings (SSSR count). The molecule has 1 aliphatic heterocycles. The number of rotatable bonds is 4. The van der Waals surface area contributed by atoms with E-state index in [-0.39, 0.29) is 11.8 Å². The molecule has 3 heteroatoms. The lowest BCUT2D eigenvalue weighted by atomic mass is 10.0. The van der Waals surface area contributed by atoms with Crippen LogP contribution in [0.5, 0.6) is 0 Å². The molecule has 14 heavy (non-hydrogen) atoms. The van der Waals surface area contributed by atoms with Crippen molar-refractivity contribution in [3.05, 3.63) is 0 Å². The first-order valence-electron chi connectivity index (χ1n) is 5.71. The Morgan fingerprint density at radius 2 is 2.29 bits per heavy atom. The minimum absolute atomic E-state index is 0.106. The Hall–Kier alpha value is -0.570. The van der Waals surface area contributed by atoms with Gasteiger partial charge in [-0.3, -0.25) is 4.79 Å². The highest BCUT2D eigenvalue weighted by Gasteiger charge is 2.12. The molecule has 0 aromatic heterocycles. The Balaban J connectivity index is 2.05. The third-order valence-electron chi connectivity index (χ3n) is 2.73. The van der Waals surface area contributed by atoms with Crippen molar-refractivity contribution in [2.45, 2.75) is 45.6 Å². The number of amides is 1. The van der Waals surface area contributed by atoms with Crippen LogP contribution in [0.3, 0.4) is 0 Å². The maximum atomic E-state index is 11.3. The summed E-state index contributed by atoms with van der Waals surface area (Å²) in [6, 6.07) is 0.621. The summed E-state index contributed by atoms with van der Waals surface area (Å²) < 4.78 is 0. The summed E-state index contributed by atoms with van der Waals surface area (Å²) in [5.41, 5.74) is 0. The molecule has 1 aliphatic rings. The summed E-state index contributed by atoms with van der Waals surface area (Å²) in [5.74, 6) is 0.273. The van der Waals surface area contributed by atoms with Gasteiger partial charge < -0.3 is 10.6 Å². The molecule has 0 aliphatic carbocycles. The van der Waals surface area contributed by atoms with Gasteiger partial charge in [-0.1, -0.05) is 20.3 Å². The third kappa shape index (κ3) is 4.09. The van der Waals surface area contributed by atoms with Crippen LogP contribution in [0.2, 0.25) is 0 Å². The SMILES string of the molecule is CC(C)C(=O)NCCC1CCCCN1. The van der Waals surface area contributed by atoms with Crippen LogP contribution in [0.1, 0.15) is 39.5 Å². The molecule has 1 atom stereocenters. The van der Waals surface area contributed by atoms with Crippen molar-refractivity contribution in [1.82, 2.24) is 10.6 Å². The molecule has 1 heterocycles. The average molecular weight is 198 g/mol. The summed E-state index contributed by atoms with van der Waals surface area (Å²) in [4.78, 5) is 11.3. The molecule has 1 unspecified atom stereocenters. The van der Waals surface area contributed by atoms with Crippen molar-refractivity contribution >= 4 is 5.91 Å². The van der Waals surface area contributed by atoms with E-state index in [1.807, 2.05) is 13.8 Å². The summed E-state index contributed by atoms with van der Waals surface area (Å²) >= 11 is 0. The molecule has 82 valence electrons. The maximum Gasteiger partial charge on any atom is 0.222 e. The van der Waals surface area contributed by atoms with E-state index in [1.54, 1.807) is 0 Å². The van der Waals surface area contributed by atoms with E-state index >= 15 is 0 Å². The highest BCUT2D eigenvalue weighted by atomic mass is 16.1. The van der Waals surface area contributed by atoms with Crippen LogP contribution in [0.15, 0.2) is 0 Å². The molecule has 0 radical (unpaired) electrons. The number of hydrogen-bond acceptors (Lipinski definition) is 2. The smallest absolute Gasteiger partial charge is 0.222 e. The number of piperidine rings is 1. The lowest BCUT2D eigenvalue weighted by Gasteiger charge is -2.23. The van der Waals surface area contributed by atoms with E-state index < -0.39 is 0 Å². The van der Waals surface area contributed by atoms with Crippen molar-refractivity contribution in [2.75, 3.05) is 13.1 Å². The Morgan fingerprint density at radius 1 is 1.50 bits per heavy atom. The summed E-state index contributed by atoms with van der Waals surface area (Å²) in [6.07, 6.45) is 4.96. The van der Waals surface area contributed by atoms with Crippen LogP contribution in [-0.2, 0) is 4.79 Å². The van der Waals surface area contributed by atoms with Gasteiger partial charge in [0.05, 0.1) is 0 Å². The molecule has 1 amide bonds. The summed E-state index contributed by atoms with van der Waals surface area (Å²) in [5, 5.41) is 6.42. The van der Waals surface area contributed by atoms with Crippen molar-refractivity contribution < 1.29 is 4.79 Å². The van der Waals surface area contributed by atoms with Crippen LogP contribution >= 0.6 is 0 Å². The predicted octanol–water partition coefficient (Wildman–Crippen LogP) is 1.29. The molecule has 0 aromatic rings. The van der Waals surface area contributed by atoms with Gasteiger partial charge in [0.2, 0.25) is 5.91 Å². The number of carbonyl (C=O) groups is 1. The quantitative estimate of drug-likeness (QED) is 0.714. The van der Waals surface area contributed by atoms with Gasteiger partial charge >= 0.3 is 0 Å². The number of nitrogens with one attached hydrogen (secondary N) is 2. The normalized spacial score (nSPS) is 22.4. The molecule has 3 nitrogen and oxygen atoms in total. The number of carbonyl (C=O) groups excluding carboxylic acids is 1. The largest absolute Gasteiger partial charge is 0.356 e. The number of hydrogen-bond donors (Lipinski definition) is 2. The van der Waals surface area contributed by atoms with Gasteiger partial charge in [0.25, 0.3) is 0 Å². The molecule has 1 fully saturated rings. The van der Waals surface area contributed by atoms with E-state index in [1.165, 1.54) is 19.3 Å². The van der Waals surface area contributed by atoms with Crippen LogP contribution in [0.25, 0.3) is 0 Å². The van der Waals surface area contributed by atoms with Gasteiger partial charge in [0.1, 0.15) is 0 Å². The average Bonchev–Trinajstić information content (AvgIpc) is 2.19. The highest BCUT2D eigenvalue weighted by molar-refractivity contribution is 5.77. The molecule has 0 aromatic carbocycles. The first-order valence-corrected chi connectivity index (χ1v) is 5.71. The minimum Gasteiger partial charge on any atom is -0.356 e. The van der Waals surface area contributed by atoms with Crippen LogP contribution in [0.4, 0.5) is 0 Å². The van der Waals surface area contributed by atoms with Gasteiger partial charge in [-0.05, 0) is 25.8 Å². The zero-order valence-corrected chi connectivity index (χ0v) is 9.31. The lowest BCUT2D eigenvalue weighted by molar-refractivity contribution is -0.123. The van der Waals surface area contributed by atoms with E-state index in [9.17, 15) is 4.79 Å². The molecule has 2 N–H and O–H groups in total. The molecular formula is C11H22N2O. The third-order valence-corrected chi connectivity index (χ3v) is 2.73. The van der Waals surface area contributed by atoms with Gasteiger partial charge in [-0.25, -0.2) is 0 Å². The zero-order chi connectivity index (χ0) is 10.4. The fourth-order valence-corrected chi connectivity index (χ4v) is 1.74. The Kier molecular flexibility index (Phi) is 4.94. The molecule has 0 saturated carbocycles. The second-order valence-corrected chi connectivity index (χ2v) is 4.38. The molecule has 1 saturated heterocycles. The predicted molar refractivity (Wildman–Crippen MR) is 58.1 cm³/mol. The fourth-order valence-electron chi connectivity index (χ4n) is 1.74. The Bertz CT molecular complexity index is 174. The van der Waals surface area contributed by atoms with Crippen LogP contribution in [-0.4, -0.2) is 25.0 Å². The van der Waals surface area contributed by atoms with Crippen molar-refractivity contribution in [1.29, 1.82) is 0 Å². The topological polar surface area (TPSA) is 41.1 Å². The highest BCUT2D eigenvalue weighted by Crippen LogP contribution is 2.09. The van der Waals surface area contributed by atoms with Gasteiger partial charge in [0.15, 0.2) is 0 Å². The zero-order valence-electron chi connectivity index (χ0n) is 9.31. The van der Waals surface area contributed by atoms with Gasteiger partial charge in [-0.15, -0.1) is 0 Å². The Labute approximate surface area is 86.6 Å². The summed E-state index contributed by atoms with van der Waals surface area (Å²) in [7, 11) is 0. The monoisotopic (exact) mass is 198 g/mol. The van der Waals surface area contributed by atoms with Crippen molar-refractivity contribution in [3.63, 3.8) is 0 Å². The van der Waals surface area contributed by atoms with Crippen molar-refractivity contribution in [3.8, 4) is 0 Å². The van der Waals surface area contributed by atoms with Gasteiger partial charge in [-0.2, -0.15) is 0 Å². The van der Waals surface area contributed by atoms with Crippen LogP contribution in [0, 0.1) is 5.92 Å². The second-order valence-electron chi connectivity index (χ2n) is 4.38. The Morgan fingerprint density at radius 3 is 2.86 bits per heavy atom. The first kappa shape index (κ1) is 11.5. The van der Waals surface area contributed by atoms with E-state index in [2.05, 4.69) is 10.6 Å².